The van der Waals surface area contributed by atoms with Gasteiger partial charge in [-0.25, -0.2) is 0 Å². The number of hydrogen-bond acceptors (Lipinski definition) is 2. The Bertz CT molecular complexity index is 178. The fourth-order valence-corrected chi connectivity index (χ4v) is 3.08. The third kappa shape index (κ3) is 3.74. The van der Waals surface area contributed by atoms with Crippen LogP contribution in [0.1, 0.15) is 53.4 Å². The molecule has 0 spiro atoms. The van der Waals surface area contributed by atoms with Crippen molar-refractivity contribution in [1.29, 1.82) is 0 Å². The Morgan fingerprint density at radius 1 is 1.31 bits per heavy atom. The van der Waals surface area contributed by atoms with E-state index in [-0.39, 0.29) is 0 Å². The van der Waals surface area contributed by atoms with Gasteiger partial charge in [0.25, 0.3) is 0 Å². The second-order valence-corrected chi connectivity index (χ2v) is 5.69. The van der Waals surface area contributed by atoms with Gasteiger partial charge in [0.2, 0.25) is 0 Å². The van der Waals surface area contributed by atoms with Crippen LogP contribution >= 0.6 is 0 Å². The zero-order valence-electron chi connectivity index (χ0n) is 11.7. The SMILES string of the molecule is CCCC1(CN(CC)C(C)C)CCCNC1. The second-order valence-electron chi connectivity index (χ2n) is 5.69. The van der Waals surface area contributed by atoms with Crippen LogP contribution < -0.4 is 5.32 Å². The van der Waals surface area contributed by atoms with Gasteiger partial charge in [0.1, 0.15) is 0 Å². The smallest absolute Gasteiger partial charge is 0.00527 e. The molecule has 2 heteroatoms. The zero-order chi connectivity index (χ0) is 12.0. The minimum atomic E-state index is 0.549. The molecule has 1 aliphatic rings. The maximum absolute atomic E-state index is 3.60. The van der Waals surface area contributed by atoms with Crippen molar-refractivity contribution in [1.82, 2.24) is 10.2 Å². The second kappa shape index (κ2) is 6.61. The maximum atomic E-state index is 3.60. The van der Waals surface area contributed by atoms with Gasteiger partial charge in [0.05, 0.1) is 0 Å². The molecule has 0 amide bonds. The molecule has 1 saturated heterocycles. The molecule has 1 aliphatic heterocycles. The summed E-state index contributed by atoms with van der Waals surface area (Å²) in [6.45, 7) is 14.2. The first-order valence-corrected chi connectivity index (χ1v) is 7.08. The van der Waals surface area contributed by atoms with E-state index in [9.17, 15) is 0 Å². The summed E-state index contributed by atoms with van der Waals surface area (Å²) in [6.07, 6.45) is 5.47. The summed E-state index contributed by atoms with van der Waals surface area (Å²) in [5.41, 5.74) is 0.549. The normalized spacial score (nSPS) is 26.6. The molecular formula is C14H30N2. The van der Waals surface area contributed by atoms with Gasteiger partial charge in [0.15, 0.2) is 0 Å². The summed E-state index contributed by atoms with van der Waals surface area (Å²) >= 11 is 0. The number of rotatable bonds is 6. The molecule has 0 saturated carbocycles. The van der Waals surface area contributed by atoms with E-state index in [2.05, 4.69) is 37.9 Å². The summed E-state index contributed by atoms with van der Waals surface area (Å²) in [4.78, 5) is 2.63. The van der Waals surface area contributed by atoms with Gasteiger partial charge >= 0.3 is 0 Å². The highest BCUT2D eigenvalue weighted by atomic mass is 15.2. The maximum Gasteiger partial charge on any atom is 0.00527 e. The lowest BCUT2D eigenvalue weighted by molar-refractivity contribution is 0.0905. The molecule has 96 valence electrons. The van der Waals surface area contributed by atoms with Gasteiger partial charge in [-0.15, -0.1) is 0 Å². The Kier molecular flexibility index (Phi) is 5.77. The third-order valence-corrected chi connectivity index (χ3v) is 4.02. The topological polar surface area (TPSA) is 15.3 Å². The van der Waals surface area contributed by atoms with Gasteiger partial charge < -0.3 is 10.2 Å². The molecule has 0 aromatic rings. The van der Waals surface area contributed by atoms with Crippen LogP contribution in [0.25, 0.3) is 0 Å². The fourth-order valence-electron chi connectivity index (χ4n) is 3.08. The highest BCUT2D eigenvalue weighted by molar-refractivity contribution is 4.88. The molecule has 1 N–H and O–H groups in total. The Morgan fingerprint density at radius 3 is 2.50 bits per heavy atom. The van der Waals surface area contributed by atoms with Crippen molar-refractivity contribution in [3.05, 3.63) is 0 Å². The van der Waals surface area contributed by atoms with Crippen molar-refractivity contribution >= 4 is 0 Å². The molecule has 1 fully saturated rings. The molecular weight excluding hydrogens is 196 g/mol. The van der Waals surface area contributed by atoms with Crippen LogP contribution in [0, 0.1) is 5.41 Å². The van der Waals surface area contributed by atoms with Crippen LogP contribution in [-0.2, 0) is 0 Å². The zero-order valence-corrected chi connectivity index (χ0v) is 11.7. The summed E-state index contributed by atoms with van der Waals surface area (Å²) in [5, 5.41) is 3.60. The van der Waals surface area contributed by atoms with Crippen molar-refractivity contribution < 1.29 is 0 Å². The predicted molar refractivity (Wildman–Crippen MR) is 71.8 cm³/mol. The van der Waals surface area contributed by atoms with Crippen LogP contribution in [-0.4, -0.2) is 37.1 Å². The molecule has 0 bridgehead atoms. The number of nitrogens with zero attached hydrogens (tertiary/aromatic N) is 1. The van der Waals surface area contributed by atoms with Gasteiger partial charge in [-0.2, -0.15) is 0 Å². The van der Waals surface area contributed by atoms with E-state index in [0.29, 0.717) is 11.5 Å². The molecule has 0 aromatic carbocycles. The minimum Gasteiger partial charge on any atom is -0.316 e. The average molecular weight is 226 g/mol. The Morgan fingerprint density at radius 2 is 2.06 bits per heavy atom. The molecule has 0 aromatic heterocycles. The first-order valence-electron chi connectivity index (χ1n) is 7.08. The molecule has 0 radical (unpaired) electrons. The number of piperidine rings is 1. The largest absolute Gasteiger partial charge is 0.316 e. The molecule has 2 nitrogen and oxygen atoms in total. The fraction of sp³-hybridized carbons (Fsp3) is 1.00. The van der Waals surface area contributed by atoms with E-state index in [0.717, 1.165) is 0 Å². The van der Waals surface area contributed by atoms with Crippen LogP contribution in [0.2, 0.25) is 0 Å². The first kappa shape index (κ1) is 14.0. The first-order chi connectivity index (χ1) is 7.63. The van der Waals surface area contributed by atoms with E-state index in [1.54, 1.807) is 0 Å². The molecule has 16 heavy (non-hydrogen) atoms. The molecule has 0 aliphatic carbocycles. The van der Waals surface area contributed by atoms with Gasteiger partial charge in [0, 0.05) is 19.1 Å². The summed E-state index contributed by atoms with van der Waals surface area (Å²) in [5.74, 6) is 0. The standard InChI is InChI=1S/C14H30N2/c1-5-8-14(9-7-10-15-11-14)12-16(6-2)13(3)4/h13,15H,5-12H2,1-4H3. The summed E-state index contributed by atoms with van der Waals surface area (Å²) in [7, 11) is 0. The van der Waals surface area contributed by atoms with Crippen LogP contribution in [0.5, 0.6) is 0 Å². The van der Waals surface area contributed by atoms with Crippen molar-refractivity contribution in [2.24, 2.45) is 5.41 Å². The lowest BCUT2D eigenvalue weighted by Gasteiger charge is -2.42. The van der Waals surface area contributed by atoms with Crippen molar-refractivity contribution in [3.63, 3.8) is 0 Å². The predicted octanol–water partition coefficient (Wildman–Crippen LogP) is 2.89. The lowest BCUT2D eigenvalue weighted by atomic mass is 9.76. The van der Waals surface area contributed by atoms with Crippen LogP contribution in [0.3, 0.4) is 0 Å². The van der Waals surface area contributed by atoms with Crippen molar-refractivity contribution in [3.8, 4) is 0 Å². The van der Waals surface area contributed by atoms with Gasteiger partial charge in [-0.05, 0) is 51.6 Å². The molecule has 1 unspecified atom stereocenters. The van der Waals surface area contributed by atoms with Gasteiger partial charge in [-0.1, -0.05) is 20.3 Å². The Balaban J connectivity index is 2.61. The highest BCUT2D eigenvalue weighted by Crippen LogP contribution is 2.33. The van der Waals surface area contributed by atoms with Crippen molar-refractivity contribution in [2.75, 3.05) is 26.2 Å². The van der Waals surface area contributed by atoms with E-state index in [4.69, 9.17) is 0 Å². The monoisotopic (exact) mass is 226 g/mol. The number of nitrogens with one attached hydrogen (secondary N) is 1. The molecule has 1 rings (SSSR count). The Labute approximate surface area is 102 Å². The molecule has 1 atom stereocenters. The van der Waals surface area contributed by atoms with Crippen LogP contribution in [0.15, 0.2) is 0 Å². The number of hydrogen-bond donors (Lipinski definition) is 1. The third-order valence-electron chi connectivity index (χ3n) is 4.02. The van der Waals surface area contributed by atoms with E-state index in [1.807, 2.05) is 0 Å². The highest BCUT2D eigenvalue weighted by Gasteiger charge is 2.33. The Hall–Kier alpha value is -0.0800. The van der Waals surface area contributed by atoms with Crippen molar-refractivity contribution in [2.45, 2.75) is 59.4 Å². The summed E-state index contributed by atoms with van der Waals surface area (Å²) in [6, 6.07) is 0.681. The van der Waals surface area contributed by atoms with E-state index in [1.165, 1.54) is 51.9 Å². The molecule has 1 heterocycles. The summed E-state index contributed by atoms with van der Waals surface area (Å²) < 4.78 is 0. The average Bonchev–Trinajstić information content (AvgIpc) is 2.27. The van der Waals surface area contributed by atoms with Crippen LogP contribution in [0.4, 0.5) is 0 Å². The van der Waals surface area contributed by atoms with E-state index >= 15 is 0 Å². The quantitative estimate of drug-likeness (QED) is 0.749. The van der Waals surface area contributed by atoms with Gasteiger partial charge in [-0.3, -0.25) is 0 Å². The minimum absolute atomic E-state index is 0.549. The van der Waals surface area contributed by atoms with E-state index < -0.39 is 0 Å². The lowest BCUT2D eigenvalue weighted by Crippen LogP contribution is -2.49.